The normalized spacial score (nSPS) is 14.9. The Kier molecular flexibility index (Phi) is 3.32. The Labute approximate surface area is 95.5 Å². The second-order valence-corrected chi connectivity index (χ2v) is 4.22. The van der Waals surface area contributed by atoms with Gasteiger partial charge in [-0.3, -0.25) is 0 Å². The molecule has 0 radical (unpaired) electrons. The highest BCUT2D eigenvalue weighted by molar-refractivity contribution is 5.55. The maximum Gasteiger partial charge on any atom is 0.0531 e. The van der Waals surface area contributed by atoms with Crippen LogP contribution in [0.5, 0.6) is 0 Å². The van der Waals surface area contributed by atoms with Crippen molar-refractivity contribution in [3.63, 3.8) is 0 Å². The lowest BCUT2D eigenvalue weighted by Crippen LogP contribution is -2.19. The fourth-order valence-corrected chi connectivity index (χ4v) is 2.22. The molecule has 0 N–H and O–H groups in total. The summed E-state index contributed by atoms with van der Waals surface area (Å²) in [4.78, 5) is 5.21. The largest absolute Gasteiger partial charge is 0.371 e. The molecule has 1 aromatic carbocycles. The molecule has 1 saturated heterocycles. The summed E-state index contributed by atoms with van der Waals surface area (Å²) < 4.78 is 0. The number of aryl methyl sites for hydroxylation is 1. The van der Waals surface area contributed by atoms with Crippen LogP contribution in [0.2, 0.25) is 0 Å². The third-order valence-corrected chi connectivity index (χ3v) is 2.99. The van der Waals surface area contributed by atoms with Crippen molar-refractivity contribution in [3.8, 4) is 0 Å². The Bertz CT molecular complexity index is 415. The molecule has 84 valence electrons. The number of anilines is 1. The number of benzene rings is 1. The first kappa shape index (κ1) is 10.8. The van der Waals surface area contributed by atoms with E-state index in [0.717, 1.165) is 18.7 Å². The van der Waals surface area contributed by atoms with E-state index in [2.05, 4.69) is 40.0 Å². The fraction of sp³-hybridized carbons (Fsp3) is 0.500. The van der Waals surface area contributed by atoms with E-state index in [1.54, 1.807) is 0 Å². The van der Waals surface area contributed by atoms with E-state index in [1.165, 1.54) is 24.1 Å². The van der Waals surface area contributed by atoms with Crippen LogP contribution in [-0.4, -0.2) is 13.1 Å². The van der Waals surface area contributed by atoms with E-state index < -0.39 is 0 Å². The second-order valence-electron chi connectivity index (χ2n) is 4.22. The summed E-state index contributed by atoms with van der Waals surface area (Å²) in [5, 5.41) is 3.67. The van der Waals surface area contributed by atoms with Crippen molar-refractivity contribution in [3.05, 3.63) is 39.8 Å². The summed E-state index contributed by atoms with van der Waals surface area (Å²) in [7, 11) is 0. The third kappa shape index (κ3) is 2.28. The van der Waals surface area contributed by atoms with E-state index in [4.69, 9.17) is 5.53 Å². The Balaban J connectivity index is 2.30. The average Bonchev–Trinajstić information content (AvgIpc) is 2.80. The van der Waals surface area contributed by atoms with Crippen LogP contribution in [0.1, 0.15) is 24.0 Å². The Morgan fingerprint density at radius 2 is 2.12 bits per heavy atom. The number of rotatable bonds is 3. The molecule has 2 rings (SSSR count). The summed E-state index contributed by atoms with van der Waals surface area (Å²) in [6.07, 6.45) is 2.52. The molecule has 1 aliphatic heterocycles. The Hall–Kier alpha value is -1.67. The predicted molar refractivity (Wildman–Crippen MR) is 65.5 cm³/mol. The molecular weight excluding hydrogens is 200 g/mol. The smallest absolute Gasteiger partial charge is 0.0531 e. The van der Waals surface area contributed by atoms with Gasteiger partial charge < -0.3 is 4.90 Å². The number of azide groups is 1. The van der Waals surface area contributed by atoms with Crippen molar-refractivity contribution in [1.29, 1.82) is 0 Å². The molecule has 0 atom stereocenters. The van der Waals surface area contributed by atoms with Crippen LogP contribution in [0.25, 0.3) is 10.4 Å². The zero-order valence-corrected chi connectivity index (χ0v) is 9.56. The van der Waals surface area contributed by atoms with Crippen molar-refractivity contribution in [2.24, 2.45) is 5.11 Å². The Morgan fingerprint density at radius 1 is 1.38 bits per heavy atom. The predicted octanol–water partition coefficient (Wildman–Crippen LogP) is 3.41. The minimum Gasteiger partial charge on any atom is -0.371 e. The first-order valence-corrected chi connectivity index (χ1v) is 5.66. The third-order valence-electron chi connectivity index (χ3n) is 2.99. The number of nitrogens with zero attached hydrogens (tertiary/aromatic N) is 4. The maximum atomic E-state index is 8.40. The van der Waals surface area contributed by atoms with Crippen LogP contribution in [0.15, 0.2) is 23.3 Å². The van der Waals surface area contributed by atoms with Gasteiger partial charge in [-0.2, -0.15) is 0 Å². The fourth-order valence-electron chi connectivity index (χ4n) is 2.22. The zero-order chi connectivity index (χ0) is 11.4. The van der Waals surface area contributed by atoms with Crippen LogP contribution in [0.4, 0.5) is 5.69 Å². The molecule has 0 spiro atoms. The summed E-state index contributed by atoms with van der Waals surface area (Å²) in [6.45, 7) is 4.75. The van der Waals surface area contributed by atoms with Crippen LogP contribution in [0.3, 0.4) is 0 Å². The molecule has 0 aliphatic carbocycles. The minimum absolute atomic E-state index is 0.448. The van der Waals surface area contributed by atoms with E-state index in [0.29, 0.717) is 6.54 Å². The van der Waals surface area contributed by atoms with Gasteiger partial charge in [0.25, 0.3) is 0 Å². The second kappa shape index (κ2) is 4.90. The topological polar surface area (TPSA) is 52.0 Å². The molecule has 1 aromatic rings. The van der Waals surface area contributed by atoms with Crippen LogP contribution in [-0.2, 0) is 6.54 Å². The molecular formula is C12H16N4. The monoisotopic (exact) mass is 216 g/mol. The van der Waals surface area contributed by atoms with Gasteiger partial charge in [-0.1, -0.05) is 22.8 Å². The lowest BCUT2D eigenvalue weighted by molar-refractivity contribution is 0.935. The quantitative estimate of drug-likeness (QED) is 0.434. The lowest BCUT2D eigenvalue weighted by Gasteiger charge is -2.21. The Morgan fingerprint density at radius 3 is 2.81 bits per heavy atom. The lowest BCUT2D eigenvalue weighted by atomic mass is 10.1. The van der Waals surface area contributed by atoms with Gasteiger partial charge in [0.1, 0.15) is 0 Å². The number of hydrogen-bond acceptors (Lipinski definition) is 2. The SMILES string of the molecule is Cc1ccc(N2CCCC2)c(CN=[N+]=[N-])c1. The molecule has 0 saturated carbocycles. The molecule has 1 fully saturated rings. The van der Waals surface area contributed by atoms with Crippen LogP contribution < -0.4 is 4.90 Å². The van der Waals surface area contributed by atoms with E-state index in [9.17, 15) is 0 Å². The molecule has 0 bridgehead atoms. The van der Waals surface area contributed by atoms with E-state index in [-0.39, 0.29) is 0 Å². The van der Waals surface area contributed by atoms with Gasteiger partial charge in [0, 0.05) is 23.7 Å². The number of hydrogen-bond donors (Lipinski definition) is 0. The first-order chi connectivity index (χ1) is 7.81. The highest BCUT2D eigenvalue weighted by atomic mass is 15.2. The van der Waals surface area contributed by atoms with Crippen molar-refractivity contribution in [2.75, 3.05) is 18.0 Å². The first-order valence-electron chi connectivity index (χ1n) is 5.66. The van der Waals surface area contributed by atoms with Crippen LogP contribution in [0, 0.1) is 6.92 Å². The maximum absolute atomic E-state index is 8.40. The molecule has 0 unspecified atom stereocenters. The zero-order valence-electron chi connectivity index (χ0n) is 9.56. The van der Waals surface area contributed by atoms with Crippen molar-refractivity contribution in [1.82, 2.24) is 0 Å². The van der Waals surface area contributed by atoms with Gasteiger partial charge in [-0.15, -0.1) is 0 Å². The van der Waals surface area contributed by atoms with Crippen LogP contribution >= 0.6 is 0 Å². The molecule has 1 heterocycles. The molecule has 0 aromatic heterocycles. The average molecular weight is 216 g/mol. The van der Waals surface area contributed by atoms with Gasteiger partial charge in [-0.25, -0.2) is 0 Å². The summed E-state index contributed by atoms with van der Waals surface area (Å²) in [5.74, 6) is 0. The summed E-state index contributed by atoms with van der Waals surface area (Å²) in [6, 6.07) is 6.37. The molecule has 0 amide bonds. The van der Waals surface area contributed by atoms with E-state index >= 15 is 0 Å². The van der Waals surface area contributed by atoms with Crippen molar-refractivity contribution < 1.29 is 0 Å². The van der Waals surface area contributed by atoms with Crippen molar-refractivity contribution >= 4 is 5.69 Å². The van der Waals surface area contributed by atoms with Gasteiger partial charge >= 0.3 is 0 Å². The molecule has 1 aliphatic rings. The molecule has 16 heavy (non-hydrogen) atoms. The molecule has 4 nitrogen and oxygen atoms in total. The van der Waals surface area contributed by atoms with Gasteiger partial charge in [0.05, 0.1) is 6.54 Å². The summed E-state index contributed by atoms with van der Waals surface area (Å²) in [5.41, 5.74) is 12.0. The van der Waals surface area contributed by atoms with E-state index in [1.807, 2.05) is 0 Å². The summed E-state index contributed by atoms with van der Waals surface area (Å²) >= 11 is 0. The molecule has 4 heteroatoms. The van der Waals surface area contributed by atoms with Gasteiger partial charge in [0.2, 0.25) is 0 Å². The minimum atomic E-state index is 0.448. The standard InChI is InChI=1S/C12H16N4/c1-10-4-5-12(16-6-2-3-7-16)11(8-10)9-14-15-13/h4-5,8H,2-3,6-7,9H2,1H3. The van der Waals surface area contributed by atoms with Gasteiger partial charge in [0.15, 0.2) is 0 Å². The highest BCUT2D eigenvalue weighted by Crippen LogP contribution is 2.26. The highest BCUT2D eigenvalue weighted by Gasteiger charge is 2.15. The van der Waals surface area contributed by atoms with Crippen molar-refractivity contribution in [2.45, 2.75) is 26.3 Å². The van der Waals surface area contributed by atoms with Gasteiger partial charge in [-0.05, 0) is 36.9 Å².